The number of rotatable bonds is 6. The molecule has 26 heavy (non-hydrogen) atoms. The molecule has 1 unspecified atom stereocenters. The van der Waals surface area contributed by atoms with Crippen LogP contribution in [0.1, 0.15) is 43.1 Å². The number of nitrogens with two attached hydrogens (primary N) is 1. The van der Waals surface area contributed by atoms with Gasteiger partial charge in [-0.15, -0.1) is 12.4 Å². The van der Waals surface area contributed by atoms with Crippen LogP contribution in [0.4, 0.5) is 0 Å². The summed E-state index contributed by atoms with van der Waals surface area (Å²) in [7, 11) is 0. The van der Waals surface area contributed by atoms with E-state index in [1.807, 2.05) is 37.3 Å². The van der Waals surface area contributed by atoms with E-state index in [0.29, 0.717) is 50.7 Å². The molecule has 2 heterocycles. The second-order valence-electron chi connectivity index (χ2n) is 6.50. The number of hydrogen-bond acceptors (Lipinski definition) is 6. The van der Waals surface area contributed by atoms with E-state index < -0.39 is 5.41 Å². The largest absolute Gasteiger partial charge is 0.381 e. The Morgan fingerprint density at radius 3 is 2.65 bits per heavy atom. The lowest BCUT2D eigenvalue weighted by molar-refractivity contribution is -0.136. The van der Waals surface area contributed by atoms with Gasteiger partial charge in [0.25, 0.3) is 0 Å². The summed E-state index contributed by atoms with van der Waals surface area (Å²) in [6, 6.07) is 9.57. The van der Waals surface area contributed by atoms with Gasteiger partial charge in [-0.05, 0) is 25.3 Å². The summed E-state index contributed by atoms with van der Waals surface area (Å²) in [6.45, 7) is 3.27. The number of benzene rings is 1. The Hall–Kier alpha value is -1.96. The second kappa shape index (κ2) is 9.12. The first-order chi connectivity index (χ1) is 12.1. The molecule has 8 heteroatoms. The molecule has 3 N–H and O–H groups in total. The van der Waals surface area contributed by atoms with Crippen molar-refractivity contribution >= 4 is 18.3 Å². The van der Waals surface area contributed by atoms with Crippen LogP contribution in [-0.4, -0.2) is 35.8 Å². The molecule has 3 rings (SSSR count). The molecule has 1 aliphatic heterocycles. The molecule has 1 fully saturated rings. The molecule has 1 atom stereocenters. The first kappa shape index (κ1) is 20.4. The maximum Gasteiger partial charge on any atom is 0.231 e. The van der Waals surface area contributed by atoms with Gasteiger partial charge in [0.2, 0.25) is 11.8 Å². The molecule has 0 aliphatic carbocycles. The Morgan fingerprint density at radius 2 is 2.00 bits per heavy atom. The predicted octanol–water partition coefficient (Wildman–Crippen LogP) is 2.01. The van der Waals surface area contributed by atoms with E-state index in [4.69, 9.17) is 15.0 Å². The summed E-state index contributed by atoms with van der Waals surface area (Å²) in [5, 5.41) is 6.98. The van der Waals surface area contributed by atoms with Gasteiger partial charge in [-0.2, -0.15) is 4.98 Å². The summed E-state index contributed by atoms with van der Waals surface area (Å²) in [4.78, 5) is 17.1. The number of halogens is 1. The van der Waals surface area contributed by atoms with Crippen LogP contribution in [0.5, 0.6) is 0 Å². The van der Waals surface area contributed by atoms with Gasteiger partial charge in [-0.25, -0.2) is 0 Å². The van der Waals surface area contributed by atoms with E-state index in [0.717, 1.165) is 5.56 Å². The summed E-state index contributed by atoms with van der Waals surface area (Å²) in [5.41, 5.74) is 6.41. The highest BCUT2D eigenvalue weighted by molar-refractivity contribution is 5.85. The maximum atomic E-state index is 12.7. The standard InChI is InChI=1S/C18H24N4O3.ClH/c1-13(20-17(23)18(12-19)7-9-24-10-8-18)16-21-15(25-22-16)11-14-5-3-2-4-6-14;/h2-6,13H,7-12,19H2,1H3,(H,20,23);1H. The van der Waals surface area contributed by atoms with Crippen molar-refractivity contribution in [3.63, 3.8) is 0 Å². The Balaban J connectivity index is 0.00000243. The van der Waals surface area contributed by atoms with Gasteiger partial charge in [-0.3, -0.25) is 4.79 Å². The number of carbonyl (C=O) groups excluding carboxylic acids is 1. The van der Waals surface area contributed by atoms with E-state index >= 15 is 0 Å². The molecule has 1 aromatic heterocycles. The fourth-order valence-corrected chi connectivity index (χ4v) is 2.99. The molecule has 2 aromatic rings. The van der Waals surface area contributed by atoms with Crippen molar-refractivity contribution in [1.82, 2.24) is 15.5 Å². The molecule has 1 aliphatic rings. The van der Waals surface area contributed by atoms with Crippen LogP contribution in [0.25, 0.3) is 0 Å². The summed E-state index contributed by atoms with van der Waals surface area (Å²) < 4.78 is 10.7. The van der Waals surface area contributed by atoms with Crippen LogP contribution in [0.3, 0.4) is 0 Å². The van der Waals surface area contributed by atoms with Crippen molar-refractivity contribution in [3.05, 3.63) is 47.6 Å². The van der Waals surface area contributed by atoms with Gasteiger partial charge in [0.15, 0.2) is 5.82 Å². The molecular formula is C18H25ClN4O3. The highest BCUT2D eigenvalue weighted by atomic mass is 35.5. The van der Waals surface area contributed by atoms with Crippen LogP contribution in [0.15, 0.2) is 34.9 Å². The van der Waals surface area contributed by atoms with Crippen molar-refractivity contribution in [2.24, 2.45) is 11.1 Å². The first-order valence-corrected chi connectivity index (χ1v) is 8.58. The molecule has 1 saturated heterocycles. The zero-order valence-electron chi connectivity index (χ0n) is 14.8. The van der Waals surface area contributed by atoms with Crippen molar-refractivity contribution in [2.45, 2.75) is 32.2 Å². The smallest absolute Gasteiger partial charge is 0.231 e. The van der Waals surface area contributed by atoms with Crippen molar-refractivity contribution in [2.75, 3.05) is 19.8 Å². The molecule has 0 saturated carbocycles. The summed E-state index contributed by atoms with van der Waals surface area (Å²) in [5.74, 6) is 0.931. The fourth-order valence-electron chi connectivity index (χ4n) is 2.99. The molecule has 0 bridgehead atoms. The van der Waals surface area contributed by atoms with E-state index in [1.165, 1.54) is 0 Å². The summed E-state index contributed by atoms with van der Waals surface area (Å²) in [6.07, 6.45) is 1.83. The quantitative estimate of drug-likeness (QED) is 0.794. The van der Waals surface area contributed by atoms with Crippen LogP contribution in [0.2, 0.25) is 0 Å². The highest BCUT2D eigenvalue weighted by Gasteiger charge is 2.39. The van der Waals surface area contributed by atoms with Gasteiger partial charge in [-0.1, -0.05) is 35.5 Å². The number of amides is 1. The topological polar surface area (TPSA) is 103 Å². The lowest BCUT2D eigenvalue weighted by Crippen LogP contribution is -2.49. The Morgan fingerprint density at radius 1 is 1.31 bits per heavy atom. The minimum Gasteiger partial charge on any atom is -0.381 e. The second-order valence-corrected chi connectivity index (χ2v) is 6.50. The average molecular weight is 381 g/mol. The maximum absolute atomic E-state index is 12.7. The third kappa shape index (κ3) is 4.60. The van der Waals surface area contributed by atoms with Gasteiger partial charge >= 0.3 is 0 Å². The minimum absolute atomic E-state index is 0. The van der Waals surface area contributed by atoms with Gasteiger partial charge < -0.3 is 20.3 Å². The van der Waals surface area contributed by atoms with E-state index in [9.17, 15) is 4.79 Å². The monoisotopic (exact) mass is 380 g/mol. The zero-order valence-corrected chi connectivity index (χ0v) is 15.6. The Bertz CT molecular complexity index is 701. The third-order valence-electron chi connectivity index (χ3n) is 4.74. The fraction of sp³-hybridized carbons (Fsp3) is 0.500. The first-order valence-electron chi connectivity index (χ1n) is 8.58. The molecular weight excluding hydrogens is 356 g/mol. The van der Waals surface area contributed by atoms with Crippen LogP contribution in [-0.2, 0) is 16.0 Å². The third-order valence-corrected chi connectivity index (χ3v) is 4.74. The van der Waals surface area contributed by atoms with Gasteiger partial charge in [0.1, 0.15) is 0 Å². The Kier molecular flexibility index (Phi) is 7.14. The SMILES string of the molecule is CC(NC(=O)C1(CN)CCOCC1)c1noc(Cc2ccccc2)n1.Cl. The molecule has 7 nitrogen and oxygen atoms in total. The predicted molar refractivity (Wildman–Crippen MR) is 98.9 cm³/mol. The average Bonchev–Trinajstić information content (AvgIpc) is 3.11. The van der Waals surface area contributed by atoms with Crippen molar-refractivity contribution in [3.8, 4) is 0 Å². The zero-order chi connectivity index (χ0) is 17.7. The lowest BCUT2D eigenvalue weighted by Gasteiger charge is -2.35. The molecule has 0 radical (unpaired) electrons. The highest BCUT2D eigenvalue weighted by Crippen LogP contribution is 2.30. The normalized spacial score (nSPS) is 17.2. The molecule has 1 aromatic carbocycles. The van der Waals surface area contributed by atoms with Gasteiger partial charge in [0, 0.05) is 19.8 Å². The Labute approximate surface area is 159 Å². The van der Waals surface area contributed by atoms with E-state index in [2.05, 4.69) is 15.5 Å². The van der Waals surface area contributed by atoms with Crippen LogP contribution in [0, 0.1) is 5.41 Å². The number of aromatic nitrogens is 2. The molecule has 142 valence electrons. The van der Waals surface area contributed by atoms with Crippen LogP contribution >= 0.6 is 12.4 Å². The number of nitrogens with zero attached hydrogens (tertiary/aromatic N) is 2. The van der Waals surface area contributed by atoms with Crippen LogP contribution < -0.4 is 11.1 Å². The van der Waals surface area contributed by atoms with E-state index in [1.54, 1.807) is 0 Å². The number of hydrogen-bond donors (Lipinski definition) is 2. The van der Waals surface area contributed by atoms with Crippen molar-refractivity contribution in [1.29, 1.82) is 0 Å². The van der Waals surface area contributed by atoms with E-state index in [-0.39, 0.29) is 24.4 Å². The molecule has 0 spiro atoms. The van der Waals surface area contributed by atoms with Gasteiger partial charge in [0.05, 0.1) is 17.9 Å². The number of carbonyl (C=O) groups is 1. The molecule has 1 amide bonds. The number of ether oxygens (including phenoxy) is 1. The van der Waals surface area contributed by atoms with Crippen molar-refractivity contribution < 1.29 is 14.1 Å². The minimum atomic E-state index is -0.566. The lowest BCUT2D eigenvalue weighted by atomic mass is 9.79. The number of nitrogens with one attached hydrogen (secondary N) is 1. The summed E-state index contributed by atoms with van der Waals surface area (Å²) >= 11 is 0.